The first-order valence-electron chi connectivity index (χ1n) is 8.10. The van der Waals surface area contributed by atoms with E-state index in [9.17, 15) is 9.18 Å². The number of furan rings is 1. The fraction of sp³-hybridized carbons (Fsp3) is 0.278. The Labute approximate surface area is 155 Å². The van der Waals surface area contributed by atoms with Gasteiger partial charge in [0.1, 0.15) is 11.6 Å². The van der Waals surface area contributed by atoms with Crippen LogP contribution in [0, 0.1) is 12.7 Å². The number of pyridine rings is 1. The van der Waals surface area contributed by atoms with E-state index in [1.54, 1.807) is 35.8 Å². The van der Waals surface area contributed by atoms with Gasteiger partial charge in [-0.05, 0) is 32.2 Å². The van der Waals surface area contributed by atoms with E-state index in [1.165, 1.54) is 16.9 Å². The first-order valence-corrected chi connectivity index (χ1v) is 9.49. The lowest BCUT2D eigenvalue weighted by molar-refractivity contribution is 0.0960. The van der Waals surface area contributed by atoms with Gasteiger partial charge in [0.15, 0.2) is 5.76 Å². The highest BCUT2D eigenvalue weighted by atomic mass is 32.2. The number of hydrogen-bond donors (Lipinski definition) is 0. The van der Waals surface area contributed by atoms with Gasteiger partial charge in [-0.2, -0.15) is 16.9 Å². The molecule has 0 N–H and O–H groups in total. The number of nitrogens with zero attached hydrogens (tertiary/aromatic N) is 4. The quantitative estimate of drug-likeness (QED) is 0.656. The SMILES string of the molecule is CCN(C(=O)c1ccc(CSC)o1)c1cn(-c2cncc(F)c2)nc1C. The number of halogens is 1. The average Bonchev–Trinajstić information content (AvgIpc) is 3.23. The number of aryl methyl sites for hydroxylation is 1. The van der Waals surface area contributed by atoms with Crippen LogP contribution in [0.15, 0.2) is 41.2 Å². The van der Waals surface area contributed by atoms with Crippen LogP contribution in [0.5, 0.6) is 0 Å². The largest absolute Gasteiger partial charge is 0.455 e. The van der Waals surface area contributed by atoms with Crippen LogP contribution in [0.3, 0.4) is 0 Å². The molecular formula is C18H19FN4O2S. The van der Waals surface area contributed by atoms with E-state index in [0.717, 1.165) is 12.0 Å². The second-order valence-electron chi connectivity index (χ2n) is 5.65. The van der Waals surface area contributed by atoms with Crippen molar-refractivity contribution in [1.82, 2.24) is 14.8 Å². The zero-order valence-corrected chi connectivity index (χ0v) is 15.6. The monoisotopic (exact) mass is 374 g/mol. The molecule has 0 aliphatic carbocycles. The Morgan fingerprint density at radius 2 is 2.19 bits per heavy atom. The molecule has 6 nitrogen and oxygen atoms in total. The van der Waals surface area contributed by atoms with E-state index in [4.69, 9.17) is 4.42 Å². The van der Waals surface area contributed by atoms with E-state index >= 15 is 0 Å². The van der Waals surface area contributed by atoms with Crippen molar-refractivity contribution in [3.05, 3.63) is 59.8 Å². The second-order valence-corrected chi connectivity index (χ2v) is 6.52. The lowest BCUT2D eigenvalue weighted by Gasteiger charge is -2.18. The zero-order valence-electron chi connectivity index (χ0n) is 14.8. The molecule has 3 rings (SSSR count). The average molecular weight is 374 g/mol. The molecule has 0 aliphatic heterocycles. The summed E-state index contributed by atoms with van der Waals surface area (Å²) in [7, 11) is 0. The van der Waals surface area contributed by atoms with E-state index in [1.807, 2.05) is 19.2 Å². The summed E-state index contributed by atoms with van der Waals surface area (Å²) in [6, 6.07) is 4.83. The number of aromatic nitrogens is 3. The van der Waals surface area contributed by atoms with Crippen molar-refractivity contribution in [3.63, 3.8) is 0 Å². The number of carbonyl (C=O) groups is 1. The van der Waals surface area contributed by atoms with Crippen molar-refractivity contribution < 1.29 is 13.6 Å². The van der Waals surface area contributed by atoms with Crippen molar-refractivity contribution in [3.8, 4) is 5.69 Å². The minimum Gasteiger partial charge on any atom is -0.455 e. The molecule has 0 unspecified atom stereocenters. The maximum absolute atomic E-state index is 13.4. The van der Waals surface area contributed by atoms with Crippen molar-refractivity contribution in [2.24, 2.45) is 0 Å². The van der Waals surface area contributed by atoms with Gasteiger partial charge in [0.05, 0.1) is 41.4 Å². The third-order valence-corrected chi connectivity index (χ3v) is 4.41. The maximum atomic E-state index is 13.4. The molecule has 26 heavy (non-hydrogen) atoms. The van der Waals surface area contributed by atoms with Crippen LogP contribution in [-0.4, -0.2) is 33.5 Å². The molecule has 0 aromatic carbocycles. The van der Waals surface area contributed by atoms with Gasteiger partial charge in [0.2, 0.25) is 0 Å². The molecule has 0 fully saturated rings. The Morgan fingerprint density at radius 1 is 1.38 bits per heavy atom. The predicted molar refractivity (Wildman–Crippen MR) is 99.3 cm³/mol. The first kappa shape index (κ1) is 18.2. The van der Waals surface area contributed by atoms with Crippen LogP contribution in [0.1, 0.15) is 28.9 Å². The molecule has 0 bridgehead atoms. The van der Waals surface area contributed by atoms with Crippen molar-refractivity contribution in [1.29, 1.82) is 0 Å². The van der Waals surface area contributed by atoms with Crippen LogP contribution >= 0.6 is 11.8 Å². The van der Waals surface area contributed by atoms with Crippen LogP contribution in [0.25, 0.3) is 5.69 Å². The molecule has 1 amide bonds. The van der Waals surface area contributed by atoms with Gasteiger partial charge in [-0.25, -0.2) is 9.07 Å². The number of thioether (sulfide) groups is 1. The molecule has 3 aromatic rings. The lowest BCUT2D eigenvalue weighted by atomic mass is 10.3. The van der Waals surface area contributed by atoms with Crippen molar-refractivity contribution >= 4 is 23.4 Å². The lowest BCUT2D eigenvalue weighted by Crippen LogP contribution is -2.30. The van der Waals surface area contributed by atoms with E-state index in [2.05, 4.69) is 10.1 Å². The number of anilines is 1. The fourth-order valence-electron chi connectivity index (χ4n) is 2.64. The summed E-state index contributed by atoms with van der Waals surface area (Å²) in [5, 5.41) is 4.38. The summed E-state index contributed by atoms with van der Waals surface area (Å²) in [6.07, 6.45) is 6.31. The normalized spacial score (nSPS) is 10.9. The molecular weight excluding hydrogens is 355 g/mol. The van der Waals surface area contributed by atoms with Crippen molar-refractivity contribution in [2.45, 2.75) is 19.6 Å². The van der Waals surface area contributed by atoms with E-state index in [-0.39, 0.29) is 11.7 Å². The minimum atomic E-state index is -0.447. The highest BCUT2D eigenvalue weighted by Crippen LogP contribution is 2.24. The summed E-state index contributed by atoms with van der Waals surface area (Å²) in [6.45, 7) is 4.13. The number of carbonyl (C=O) groups excluding carboxylic acids is 1. The Balaban J connectivity index is 1.91. The zero-order chi connectivity index (χ0) is 18.7. The Morgan fingerprint density at radius 3 is 2.88 bits per heavy atom. The van der Waals surface area contributed by atoms with Gasteiger partial charge in [-0.1, -0.05) is 0 Å². The standard InChI is InChI=1S/C18H19FN4O2S/c1-4-22(18(24)17-6-5-15(25-17)11-26-3)16-10-23(21-12(16)2)14-7-13(19)8-20-9-14/h5-10H,4,11H2,1-3H3. The number of amides is 1. The van der Waals surface area contributed by atoms with Gasteiger partial charge in [0, 0.05) is 12.6 Å². The van der Waals surface area contributed by atoms with Gasteiger partial charge in [-0.15, -0.1) is 0 Å². The summed E-state index contributed by atoms with van der Waals surface area (Å²) < 4.78 is 20.6. The molecule has 0 saturated carbocycles. The van der Waals surface area contributed by atoms with Gasteiger partial charge < -0.3 is 9.32 Å². The van der Waals surface area contributed by atoms with Crippen LogP contribution in [-0.2, 0) is 5.75 Å². The molecule has 8 heteroatoms. The molecule has 0 radical (unpaired) electrons. The second kappa shape index (κ2) is 7.74. The molecule has 0 saturated heterocycles. The van der Waals surface area contributed by atoms with E-state index < -0.39 is 5.82 Å². The molecule has 0 aliphatic rings. The highest BCUT2D eigenvalue weighted by Gasteiger charge is 2.23. The third kappa shape index (κ3) is 3.65. The summed E-state index contributed by atoms with van der Waals surface area (Å²) in [4.78, 5) is 18.3. The Hall–Kier alpha value is -2.61. The van der Waals surface area contributed by atoms with Gasteiger partial charge in [-0.3, -0.25) is 9.78 Å². The predicted octanol–water partition coefficient (Wildman–Crippen LogP) is 3.84. The van der Waals surface area contributed by atoms with Gasteiger partial charge in [0.25, 0.3) is 5.91 Å². The summed E-state index contributed by atoms with van der Waals surface area (Å²) >= 11 is 1.63. The van der Waals surface area contributed by atoms with Crippen LogP contribution < -0.4 is 4.90 Å². The highest BCUT2D eigenvalue weighted by molar-refractivity contribution is 7.97. The number of rotatable bonds is 6. The smallest absolute Gasteiger partial charge is 0.294 e. The summed E-state index contributed by atoms with van der Waals surface area (Å²) in [5.41, 5.74) is 1.79. The molecule has 136 valence electrons. The molecule has 3 heterocycles. The summed E-state index contributed by atoms with van der Waals surface area (Å²) in [5.74, 6) is 1.08. The molecule has 3 aromatic heterocycles. The maximum Gasteiger partial charge on any atom is 0.294 e. The van der Waals surface area contributed by atoms with Crippen LogP contribution in [0.2, 0.25) is 0 Å². The van der Waals surface area contributed by atoms with Crippen molar-refractivity contribution in [2.75, 3.05) is 17.7 Å². The number of hydrogen-bond acceptors (Lipinski definition) is 5. The fourth-order valence-corrected chi connectivity index (χ4v) is 3.08. The van der Waals surface area contributed by atoms with E-state index in [0.29, 0.717) is 29.4 Å². The topological polar surface area (TPSA) is 64.2 Å². The third-order valence-electron chi connectivity index (χ3n) is 3.84. The minimum absolute atomic E-state index is 0.236. The van der Waals surface area contributed by atoms with Crippen LogP contribution in [0.4, 0.5) is 10.1 Å². The molecule has 0 spiro atoms. The Bertz CT molecular complexity index is 922. The Kier molecular flexibility index (Phi) is 5.41. The first-order chi connectivity index (χ1) is 12.5. The van der Waals surface area contributed by atoms with Gasteiger partial charge >= 0.3 is 0 Å². The molecule has 0 atom stereocenters.